The van der Waals surface area contributed by atoms with E-state index in [1.165, 1.54) is 0 Å². The second-order valence-corrected chi connectivity index (χ2v) is 6.70. The summed E-state index contributed by atoms with van der Waals surface area (Å²) in [7, 11) is 0. The molecule has 0 fully saturated rings. The van der Waals surface area contributed by atoms with Crippen LogP contribution in [0.5, 0.6) is 0 Å². The largest absolute Gasteiger partial charge is 0.481 e. The van der Waals surface area contributed by atoms with Gasteiger partial charge in [-0.05, 0) is 18.4 Å². The standard InChI is InChI=1S/C20H19NO2S/c22-20(23)17(13-15-7-3-1-4-8-15)11-12-19-21-18(14-24-19)16-9-5-2-6-10-16/h1-10,14,17H,11-13H2,(H,22,23). The Morgan fingerprint density at radius 2 is 1.71 bits per heavy atom. The van der Waals surface area contributed by atoms with Gasteiger partial charge in [0.25, 0.3) is 0 Å². The predicted molar refractivity (Wildman–Crippen MR) is 97.1 cm³/mol. The van der Waals surface area contributed by atoms with Crippen molar-refractivity contribution in [3.63, 3.8) is 0 Å². The summed E-state index contributed by atoms with van der Waals surface area (Å²) in [6.07, 6.45) is 1.86. The van der Waals surface area contributed by atoms with Gasteiger partial charge in [-0.25, -0.2) is 4.98 Å². The third kappa shape index (κ3) is 4.30. The highest BCUT2D eigenvalue weighted by atomic mass is 32.1. The Morgan fingerprint density at radius 1 is 1.04 bits per heavy atom. The molecule has 0 saturated heterocycles. The lowest BCUT2D eigenvalue weighted by Gasteiger charge is -2.11. The lowest BCUT2D eigenvalue weighted by Crippen LogP contribution is -2.17. The molecule has 4 heteroatoms. The molecule has 1 aromatic heterocycles. The first-order chi connectivity index (χ1) is 11.7. The minimum Gasteiger partial charge on any atom is -0.481 e. The first-order valence-corrected chi connectivity index (χ1v) is 8.87. The number of hydrogen-bond donors (Lipinski definition) is 1. The Labute approximate surface area is 145 Å². The molecule has 1 unspecified atom stereocenters. The minimum absolute atomic E-state index is 0.378. The molecule has 3 nitrogen and oxygen atoms in total. The zero-order chi connectivity index (χ0) is 16.8. The molecular formula is C20H19NO2S. The number of hydrogen-bond acceptors (Lipinski definition) is 3. The van der Waals surface area contributed by atoms with E-state index in [-0.39, 0.29) is 5.92 Å². The topological polar surface area (TPSA) is 50.2 Å². The molecule has 0 bridgehead atoms. The molecule has 2 aromatic carbocycles. The Balaban J connectivity index is 1.63. The van der Waals surface area contributed by atoms with Crippen molar-refractivity contribution in [3.05, 3.63) is 76.6 Å². The lowest BCUT2D eigenvalue weighted by molar-refractivity contribution is -0.141. The third-order valence-electron chi connectivity index (χ3n) is 4.00. The summed E-state index contributed by atoms with van der Waals surface area (Å²) in [5.41, 5.74) is 3.12. The van der Waals surface area contributed by atoms with Crippen molar-refractivity contribution >= 4 is 17.3 Å². The fourth-order valence-electron chi connectivity index (χ4n) is 2.68. The molecule has 1 N–H and O–H groups in total. The van der Waals surface area contributed by atoms with Gasteiger partial charge in [-0.1, -0.05) is 60.7 Å². The van der Waals surface area contributed by atoms with Crippen LogP contribution in [0.3, 0.4) is 0 Å². The van der Waals surface area contributed by atoms with Gasteiger partial charge in [0.2, 0.25) is 0 Å². The number of carboxylic acid groups (broad SMARTS) is 1. The summed E-state index contributed by atoms with van der Waals surface area (Å²) in [5, 5.41) is 12.5. The van der Waals surface area contributed by atoms with E-state index < -0.39 is 5.97 Å². The van der Waals surface area contributed by atoms with Gasteiger partial charge >= 0.3 is 5.97 Å². The van der Waals surface area contributed by atoms with Crippen LogP contribution in [0, 0.1) is 5.92 Å². The smallest absolute Gasteiger partial charge is 0.306 e. The van der Waals surface area contributed by atoms with Gasteiger partial charge in [0.05, 0.1) is 16.6 Å². The number of aryl methyl sites for hydroxylation is 1. The summed E-state index contributed by atoms with van der Waals surface area (Å²) in [6.45, 7) is 0. The quantitative estimate of drug-likeness (QED) is 0.680. The van der Waals surface area contributed by atoms with Gasteiger partial charge in [-0.15, -0.1) is 11.3 Å². The number of benzene rings is 2. The highest BCUT2D eigenvalue weighted by molar-refractivity contribution is 7.09. The Bertz CT molecular complexity index is 784. The van der Waals surface area contributed by atoms with E-state index in [2.05, 4.69) is 4.98 Å². The maximum absolute atomic E-state index is 11.5. The fraction of sp³-hybridized carbons (Fsp3) is 0.200. The van der Waals surface area contributed by atoms with Gasteiger partial charge in [0.15, 0.2) is 0 Å². The minimum atomic E-state index is -0.737. The molecule has 0 aliphatic carbocycles. The second-order valence-electron chi connectivity index (χ2n) is 5.76. The van der Waals surface area contributed by atoms with Gasteiger partial charge in [0.1, 0.15) is 0 Å². The van der Waals surface area contributed by atoms with Gasteiger partial charge in [-0.3, -0.25) is 4.79 Å². The zero-order valence-corrected chi connectivity index (χ0v) is 14.1. The van der Waals surface area contributed by atoms with E-state index in [0.29, 0.717) is 19.3 Å². The molecule has 0 saturated carbocycles. The molecule has 24 heavy (non-hydrogen) atoms. The van der Waals surface area contributed by atoms with Crippen LogP contribution in [-0.4, -0.2) is 16.1 Å². The van der Waals surface area contributed by atoms with Crippen molar-refractivity contribution in [1.29, 1.82) is 0 Å². The van der Waals surface area contributed by atoms with Crippen LogP contribution in [0.4, 0.5) is 0 Å². The molecule has 3 rings (SSSR count). The Morgan fingerprint density at radius 3 is 2.38 bits per heavy atom. The summed E-state index contributed by atoms with van der Waals surface area (Å²) in [6, 6.07) is 19.8. The summed E-state index contributed by atoms with van der Waals surface area (Å²) >= 11 is 1.60. The molecular weight excluding hydrogens is 318 g/mol. The number of aliphatic carboxylic acids is 1. The van der Waals surface area contributed by atoms with Crippen molar-refractivity contribution in [2.45, 2.75) is 19.3 Å². The monoisotopic (exact) mass is 337 g/mol. The molecule has 1 heterocycles. The number of carbonyl (C=O) groups is 1. The molecule has 1 atom stereocenters. The molecule has 0 radical (unpaired) electrons. The maximum Gasteiger partial charge on any atom is 0.306 e. The maximum atomic E-state index is 11.5. The first-order valence-electron chi connectivity index (χ1n) is 7.99. The number of nitrogens with zero attached hydrogens (tertiary/aromatic N) is 1. The zero-order valence-electron chi connectivity index (χ0n) is 13.3. The molecule has 0 aliphatic rings. The van der Waals surface area contributed by atoms with Crippen LogP contribution in [0.15, 0.2) is 66.0 Å². The SMILES string of the molecule is O=C(O)C(CCc1nc(-c2ccccc2)cs1)Cc1ccccc1. The molecule has 122 valence electrons. The number of rotatable bonds is 7. The normalized spacial score (nSPS) is 12.0. The van der Waals surface area contributed by atoms with E-state index in [9.17, 15) is 9.90 Å². The van der Waals surface area contributed by atoms with Crippen LogP contribution in [0.2, 0.25) is 0 Å². The summed E-state index contributed by atoms with van der Waals surface area (Å²) in [4.78, 5) is 16.2. The van der Waals surface area contributed by atoms with E-state index in [1.807, 2.05) is 66.0 Å². The summed E-state index contributed by atoms with van der Waals surface area (Å²) in [5.74, 6) is -1.12. The van der Waals surface area contributed by atoms with Crippen LogP contribution >= 0.6 is 11.3 Å². The van der Waals surface area contributed by atoms with Crippen LogP contribution < -0.4 is 0 Å². The lowest BCUT2D eigenvalue weighted by atomic mass is 9.95. The van der Waals surface area contributed by atoms with Crippen LogP contribution in [0.1, 0.15) is 17.0 Å². The first kappa shape index (κ1) is 16.4. The van der Waals surface area contributed by atoms with Crippen LogP contribution in [0.25, 0.3) is 11.3 Å². The average Bonchev–Trinajstić information content (AvgIpc) is 3.09. The van der Waals surface area contributed by atoms with Crippen molar-refractivity contribution in [1.82, 2.24) is 4.98 Å². The highest BCUT2D eigenvalue weighted by Gasteiger charge is 2.18. The van der Waals surface area contributed by atoms with E-state index in [0.717, 1.165) is 21.8 Å². The Kier molecular flexibility index (Phi) is 5.39. The average molecular weight is 337 g/mol. The van der Waals surface area contributed by atoms with Crippen LogP contribution in [-0.2, 0) is 17.6 Å². The second kappa shape index (κ2) is 7.88. The van der Waals surface area contributed by atoms with Gasteiger partial charge < -0.3 is 5.11 Å². The number of aromatic nitrogens is 1. The van der Waals surface area contributed by atoms with Crippen molar-refractivity contribution in [3.8, 4) is 11.3 Å². The van der Waals surface area contributed by atoms with Crippen molar-refractivity contribution in [2.24, 2.45) is 5.92 Å². The van der Waals surface area contributed by atoms with Gasteiger partial charge in [0, 0.05) is 17.4 Å². The third-order valence-corrected chi connectivity index (χ3v) is 4.91. The van der Waals surface area contributed by atoms with E-state index in [4.69, 9.17) is 0 Å². The summed E-state index contributed by atoms with van der Waals surface area (Å²) < 4.78 is 0. The van der Waals surface area contributed by atoms with E-state index in [1.54, 1.807) is 11.3 Å². The number of thiazole rings is 1. The fourth-order valence-corrected chi connectivity index (χ4v) is 3.50. The molecule has 3 aromatic rings. The molecule has 0 amide bonds. The number of carboxylic acids is 1. The van der Waals surface area contributed by atoms with E-state index >= 15 is 0 Å². The van der Waals surface area contributed by atoms with Crippen molar-refractivity contribution < 1.29 is 9.90 Å². The highest BCUT2D eigenvalue weighted by Crippen LogP contribution is 2.24. The Hall–Kier alpha value is -2.46. The predicted octanol–water partition coefficient (Wildman–Crippen LogP) is 4.69. The van der Waals surface area contributed by atoms with Gasteiger partial charge in [-0.2, -0.15) is 0 Å². The van der Waals surface area contributed by atoms with Crippen molar-refractivity contribution in [2.75, 3.05) is 0 Å². The molecule has 0 aliphatic heterocycles. The molecule has 0 spiro atoms.